The highest BCUT2D eigenvalue weighted by Gasteiger charge is 2.45. The summed E-state index contributed by atoms with van der Waals surface area (Å²) in [6.45, 7) is 5.91. The van der Waals surface area contributed by atoms with Crippen LogP contribution in [0.2, 0.25) is 0 Å². The maximum Gasteiger partial charge on any atom is 0.269 e. The first-order chi connectivity index (χ1) is 21.7. The first kappa shape index (κ1) is 29.4. The number of non-ortho nitro benzene ring substituents is 1. The van der Waals surface area contributed by atoms with Gasteiger partial charge in [-0.25, -0.2) is 0 Å². The first-order valence-corrected chi connectivity index (χ1v) is 16.1. The molecule has 2 aromatic carbocycles. The topological polar surface area (TPSA) is 136 Å². The van der Waals surface area contributed by atoms with Crippen molar-refractivity contribution >= 4 is 40.7 Å². The maximum atomic E-state index is 13.3. The lowest BCUT2D eigenvalue weighted by molar-refractivity contribution is -0.384. The van der Waals surface area contributed by atoms with Crippen LogP contribution in [0.1, 0.15) is 72.1 Å². The zero-order valence-corrected chi connectivity index (χ0v) is 25.3. The number of piperidine rings is 4. The van der Waals surface area contributed by atoms with Crippen molar-refractivity contribution in [3.63, 3.8) is 0 Å². The Morgan fingerprint density at radius 1 is 0.733 bits per heavy atom. The van der Waals surface area contributed by atoms with Crippen molar-refractivity contribution in [3.05, 3.63) is 63.7 Å². The summed E-state index contributed by atoms with van der Waals surface area (Å²) in [5, 5.41) is 13.2. The molecule has 4 saturated heterocycles. The van der Waals surface area contributed by atoms with Gasteiger partial charge in [-0.2, -0.15) is 0 Å². The predicted octanol–water partition coefficient (Wildman–Crippen LogP) is 3.35. The quantitative estimate of drug-likeness (QED) is 0.306. The van der Waals surface area contributed by atoms with Gasteiger partial charge >= 0.3 is 0 Å². The second-order valence-electron chi connectivity index (χ2n) is 13.2. The average Bonchev–Trinajstić information content (AvgIpc) is 3.30. The molecule has 0 bridgehead atoms. The molecule has 4 amide bonds. The van der Waals surface area contributed by atoms with Gasteiger partial charge < -0.3 is 14.7 Å². The van der Waals surface area contributed by atoms with Crippen molar-refractivity contribution in [1.82, 2.24) is 15.1 Å². The lowest BCUT2D eigenvalue weighted by atomic mass is 9.71. The van der Waals surface area contributed by atoms with Gasteiger partial charge in [-0.15, -0.1) is 0 Å². The van der Waals surface area contributed by atoms with Crippen LogP contribution in [0.25, 0.3) is 0 Å². The number of carbonyl (C=O) groups is 4. The van der Waals surface area contributed by atoms with E-state index in [4.69, 9.17) is 0 Å². The van der Waals surface area contributed by atoms with Crippen LogP contribution in [-0.4, -0.2) is 89.7 Å². The second-order valence-corrected chi connectivity index (χ2v) is 13.2. The average molecular weight is 615 g/mol. The zero-order chi connectivity index (χ0) is 31.3. The number of nitro benzene ring substituents is 1. The third-order valence-electron chi connectivity index (χ3n) is 10.9. The molecular weight excluding hydrogens is 576 g/mol. The Bertz CT molecular complexity index is 1530. The molecule has 0 radical (unpaired) electrons. The van der Waals surface area contributed by atoms with E-state index in [0.717, 1.165) is 81.2 Å². The Labute approximate surface area is 261 Å². The molecule has 0 saturated carbocycles. The van der Waals surface area contributed by atoms with E-state index in [0.29, 0.717) is 22.6 Å². The van der Waals surface area contributed by atoms with Gasteiger partial charge in [-0.1, -0.05) is 0 Å². The summed E-state index contributed by atoms with van der Waals surface area (Å²) in [6, 6.07) is 11.8. The van der Waals surface area contributed by atoms with Gasteiger partial charge in [0.25, 0.3) is 17.5 Å². The van der Waals surface area contributed by atoms with E-state index in [-0.39, 0.29) is 29.4 Å². The van der Waals surface area contributed by atoms with Gasteiger partial charge in [0.05, 0.1) is 16.1 Å². The standard InChI is InChI=1S/C33H38N6O6/c40-29-8-7-28(30(41)34-29)38-31(42)26-6-5-25(21-27(26)32(38)43)35-15-9-23(10-16-35)37-19-13-33(14-20-37)11-17-36(18-12-33)22-1-3-24(4-2-22)39(44)45/h1-6,21,23,28H,7-20H2,(H,34,40,41). The normalized spacial score (nSPS) is 24.3. The highest BCUT2D eigenvalue weighted by atomic mass is 16.6. The van der Waals surface area contributed by atoms with E-state index in [1.54, 1.807) is 24.3 Å². The van der Waals surface area contributed by atoms with E-state index in [2.05, 4.69) is 20.0 Å². The van der Waals surface area contributed by atoms with Crippen molar-refractivity contribution in [2.24, 2.45) is 5.41 Å². The summed E-state index contributed by atoms with van der Waals surface area (Å²) in [7, 11) is 0. The molecule has 12 heteroatoms. The van der Waals surface area contributed by atoms with Crippen LogP contribution in [0.5, 0.6) is 0 Å². The number of amides is 4. The Morgan fingerprint density at radius 2 is 1.33 bits per heavy atom. The fourth-order valence-corrected chi connectivity index (χ4v) is 8.03. The highest BCUT2D eigenvalue weighted by Crippen LogP contribution is 2.43. The van der Waals surface area contributed by atoms with Gasteiger partial charge in [0.1, 0.15) is 6.04 Å². The lowest BCUT2D eigenvalue weighted by Crippen LogP contribution is -2.54. The minimum absolute atomic E-state index is 0.102. The zero-order valence-electron chi connectivity index (χ0n) is 25.3. The molecule has 2 aromatic rings. The molecule has 4 fully saturated rings. The van der Waals surface area contributed by atoms with Gasteiger partial charge in [-0.05, 0) is 93.8 Å². The van der Waals surface area contributed by atoms with E-state index in [1.165, 1.54) is 12.8 Å². The van der Waals surface area contributed by atoms with Gasteiger partial charge in [0, 0.05) is 62.1 Å². The van der Waals surface area contributed by atoms with Crippen LogP contribution in [0.4, 0.5) is 17.1 Å². The number of rotatable bonds is 5. The smallest absolute Gasteiger partial charge is 0.269 e. The number of nitrogens with one attached hydrogen (secondary N) is 1. The largest absolute Gasteiger partial charge is 0.371 e. The van der Waals surface area contributed by atoms with Crippen molar-refractivity contribution in [2.45, 2.75) is 63.5 Å². The summed E-state index contributed by atoms with van der Waals surface area (Å²) in [6.07, 6.45) is 7.02. The molecule has 1 atom stereocenters. The molecule has 12 nitrogen and oxygen atoms in total. The molecule has 5 aliphatic heterocycles. The van der Waals surface area contributed by atoms with Crippen molar-refractivity contribution in [2.75, 3.05) is 49.1 Å². The number of carbonyl (C=O) groups excluding carboxylic acids is 4. The van der Waals surface area contributed by atoms with Crippen LogP contribution in [0.15, 0.2) is 42.5 Å². The number of nitro groups is 1. The SMILES string of the molecule is O=C1CCC(N2C(=O)c3ccc(N4CCC(N5CCC6(CCN(c7ccc([N+](=O)[O-])cc7)CC6)CC5)CC4)cc3C2=O)C(=O)N1. The molecule has 236 valence electrons. The number of imide groups is 2. The van der Waals surface area contributed by atoms with Gasteiger partial charge in [0.2, 0.25) is 11.8 Å². The molecule has 1 spiro atoms. The Hall–Kier alpha value is -4.32. The molecular formula is C33H38N6O6. The summed E-state index contributed by atoms with van der Waals surface area (Å²) in [5.41, 5.74) is 3.11. The van der Waals surface area contributed by atoms with Crippen molar-refractivity contribution < 1.29 is 24.1 Å². The van der Waals surface area contributed by atoms with Crippen LogP contribution in [0.3, 0.4) is 0 Å². The molecule has 7 rings (SSSR count). The Balaban J connectivity index is 0.910. The molecule has 0 aromatic heterocycles. The maximum absolute atomic E-state index is 13.3. The number of hydrogen-bond donors (Lipinski definition) is 1. The summed E-state index contributed by atoms with van der Waals surface area (Å²) < 4.78 is 0. The molecule has 1 N–H and O–H groups in total. The number of hydrogen-bond acceptors (Lipinski definition) is 9. The summed E-state index contributed by atoms with van der Waals surface area (Å²) in [5.74, 6) is -1.93. The van der Waals surface area contributed by atoms with E-state index in [9.17, 15) is 29.3 Å². The number of anilines is 2. The van der Waals surface area contributed by atoms with Gasteiger partial charge in [-0.3, -0.25) is 39.5 Å². The molecule has 0 aliphatic carbocycles. The van der Waals surface area contributed by atoms with E-state index >= 15 is 0 Å². The fourth-order valence-electron chi connectivity index (χ4n) is 8.03. The number of likely N-dealkylation sites (tertiary alicyclic amines) is 1. The van der Waals surface area contributed by atoms with Crippen LogP contribution in [0, 0.1) is 15.5 Å². The predicted molar refractivity (Wildman–Crippen MR) is 166 cm³/mol. The molecule has 5 aliphatic rings. The van der Waals surface area contributed by atoms with E-state index in [1.807, 2.05) is 18.2 Å². The highest BCUT2D eigenvalue weighted by molar-refractivity contribution is 6.23. The van der Waals surface area contributed by atoms with Gasteiger partial charge in [0.15, 0.2) is 0 Å². The minimum Gasteiger partial charge on any atom is -0.371 e. The third-order valence-corrected chi connectivity index (χ3v) is 10.9. The van der Waals surface area contributed by atoms with Crippen molar-refractivity contribution in [3.8, 4) is 0 Å². The summed E-state index contributed by atoms with van der Waals surface area (Å²) >= 11 is 0. The first-order valence-electron chi connectivity index (χ1n) is 16.1. The monoisotopic (exact) mass is 614 g/mol. The third kappa shape index (κ3) is 5.45. The van der Waals surface area contributed by atoms with Crippen LogP contribution in [-0.2, 0) is 9.59 Å². The number of benzene rings is 2. The van der Waals surface area contributed by atoms with E-state index < -0.39 is 23.8 Å². The van der Waals surface area contributed by atoms with Crippen molar-refractivity contribution in [1.29, 1.82) is 0 Å². The minimum atomic E-state index is -0.958. The molecule has 45 heavy (non-hydrogen) atoms. The Kier molecular flexibility index (Phi) is 7.55. The second kappa shape index (κ2) is 11.6. The number of fused-ring (bicyclic) bond motifs is 1. The van der Waals surface area contributed by atoms with Crippen LogP contribution < -0.4 is 15.1 Å². The number of nitrogens with zero attached hydrogens (tertiary/aromatic N) is 5. The van der Waals surface area contributed by atoms with Crippen LogP contribution >= 0.6 is 0 Å². The fraction of sp³-hybridized carbons (Fsp3) is 0.515. The molecule has 5 heterocycles. The molecule has 1 unspecified atom stereocenters. The lowest BCUT2D eigenvalue weighted by Gasteiger charge is -2.50. The summed E-state index contributed by atoms with van der Waals surface area (Å²) in [4.78, 5) is 69.2. The Morgan fingerprint density at radius 3 is 1.98 bits per heavy atom.